The average molecular weight is 382 g/mol. The summed E-state index contributed by atoms with van der Waals surface area (Å²) in [6.07, 6.45) is 0.717. The van der Waals surface area contributed by atoms with E-state index < -0.39 is 27.5 Å². The van der Waals surface area contributed by atoms with Crippen molar-refractivity contribution in [3.05, 3.63) is 23.8 Å². The van der Waals surface area contributed by atoms with E-state index in [-0.39, 0.29) is 16.4 Å². The zero-order valence-corrected chi connectivity index (χ0v) is 15.4. The second kappa shape index (κ2) is 6.53. The lowest BCUT2D eigenvalue weighted by Crippen LogP contribution is -2.41. The number of hydrogen-bond acceptors (Lipinski definition) is 6. The first-order valence-electron chi connectivity index (χ1n) is 8.24. The van der Waals surface area contributed by atoms with Gasteiger partial charge in [-0.3, -0.25) is 10.1 Å². The summed E-state index contributed by atoms with van der Waals surface area (Å²) < 4.78 is 32.6. The van der Waals surface area contributed by atoms with E-state index in [4.69, 9.17) is 10.5 Å². The second-order valence-electron chi connectivity index (χ2n) is 6.65. The first-order valence-corrected chi connectivity index (χ1v) is 9.68. The van der Waals surface area contributed by atoms with E-state index in [2.05, 4.69) is 10.6 Å². The molecule has 9 nitrogen and oxygen atoms in total. The third-order valence-corrected chi connectivity index (χ3v) is 6.84. The quantitative estimate of drug-likeness (QED) is 0.600. The predicted octanol–water partition coefficient (Wildman–Crippen LogP) is -0.281. The smallest absolute Gasteiger partial charge is 0.322 e. The predicted molar refractivity (Wildman–Crippen MR) is 92.9 cm³/mol. The van der Waals surface area contributed by atoms with Crippen molar-refractivity contribution < 1.29 is 22.7 Å². The van der Waals surface area contributed by atoms with Crippen LogP contribution in [0.1, 0.15) is 18.9 Å². The topological polar surface area (TPSA) is 131 Å². The Balaban J connectivity index is 2.03. The minimum Gasteiger partial charge on any atom is -0.496 e. The number of imide groups is 1. The minimum atomic E-state index is -3.74. The monoisotopic (exact) mass is 382 g/mol. The van der Waals surface area contributed by atoms with Gasteiger partial charge in [-0.25, -0.2) is 13.2 Å². The van der Waals surface area contributed by atoms with Crippen molar-refractivity contribution >= 4 is 22.0 Å². The number of ether oxygens (including phenoxy) is 1. The number of nitrogens with two attached hydrogens (primary N) is 1. The van der Waals surface area contributed by atoms with Gasteiger partial charge in [0.15, 0.2) is 0 Å². The van der Waals surface area contributed by atoms with Gasteiger partial charge in [-0.15, -0.1) is 0 Å². The first-order chi connectivity index (χ1) is 12.2. The summed E-state index contributed by atoms with van der Waals surface area (Å²) >= 11 is 0. The van der Waals surface area contributed by atoms with Crippen molar-refractivity contribution in [3.63, 3.8) is 0 Å². The highest BCUT2D eigenvalue weighted by Crippen LogP contribution is 2.35. The number of urea groups is 1. The van der Waals surface area contributed by atoms with Gasteiger partial charge in [-0.1, -0.05) is 0 Å². The number of sulfonamides is 1. The molecule has 0 aromatic heterocycles. The third kappa shape index (κ3) is 2.93. The maximum Gasteiger partial charge on any atom is 0.322 e. The van der Waals surface area contributed by atoms with Gasteiger partial charge in [-0.2, -0.15) is 4.31 Å². The lowest BCUT2D eigenvalue weighted by atomic mass is 9.91. The van der Waals surface area contributed by atoms with Crippen LogP contribution in [0.25, 0.3) is 0 Å². The van der Waals surface area contributed by atoms with Crippen LogP contribution in [0.2, 0.25) is 0 Å². The van der Waals surface area contributed by atoms with Gasteiger partial charge in [0.2, 0.25) is 10.0 Å². The van der Waals surface area contributed by atoms with Crippen LogP contribution in [0, 0.1) is 5.92 Å². The van der Waals surface area contributed by atoms with Crippen LogP contribution in [0.15, 0.2) is 23.1 Å². The third-order valence-electron chi connectivity index (χ3n) is 4.97. The normalized spacial score (nSPS) is 26.7. The van der Waals surface area contributed by atoms with Crippen molar-refractivity contribution in [2.24, 2.45) is 11.7 Å². The maximum absolute atomic E-state index is 13.0. The molecule has 3 rings (SSSR count). The molecule has 0 radical (unpaired) electrons. The Morgan fingerprint density at radius 3 is 2.65 bits per heavy atom. The highest BCUT2D eigenvalue weighted by Gasteiger charge is 2.46. The molecule has 3 amide bonds. The molecule has 0 saturated carbocycles. The van der Waals surface area contributed by atoms with Gasteiger partial charge in [-0.05, 0) is 44.0 Å². The fraction of sp³-hybridized carbons (Fsp3) is 0.500. The zero-order valence-electron chi connectivity index (χ0n) is 14.6. The molecule has 2 heterocycles. The number of hydrogen-bond donors (Lipinski definition) is 3. The number of carbonyl (C=O) groups is 2. The van der Waals surface area contributed by atoms with Gasteiger partial charge < -0.3 is 15.8 Å². The molecular formula is C16H22N4O5S. The summed E-state index contributed by atoms with van der Waals surface area (Å²) in [6.45, 7) is 2.71. The molecule has 1 aromatic carbocycles. The molecule has 142 valence electrons. The number of carbonyl (C=O) groups excluding carboxylic acids is 2. The highest BCUT2D eigenvalue weighted by molar-refractivity contribution is 7.89. The van der Waals surface area contributed by atoms with Gasteiger partial charge >= 0.3 is 6.03 Å². The van der Waals surface area contributed by atoms with Crippen molar-refractivity contribution in [2.75, 3.05) is 26.7 Å². The van der Waals surface area contributed by atoms with E-state index in [0.29, 0.717) is 25.4 Å². The van der Waals surface area contributed by atoms with Crippen LogP contribution in [-0.2, 0) is 20.4 Å². The number of amides is 3. The van der Waals surface area contributed by atoms with Crippen LogP contribution in [0.3, 0.4) is 0 Å². The Labute approximate surface area is 151 Å². The highest BCUT2D eigenvalue weighted by atomic mass is 32.2. The Morgan fingerprint density at radius 2 is 2.12 bits per heavy atom. The van der Waals surface area contributed by atoms with Crippen molar-refractivity contribution in [1.29, 1.82) is 0 Å². The van der Waals surface area contributed by atoms with Crippen LogP contribution in [0.4, 0.5) is 4.79 Å². The fourth-order valence-electron chi connectivity index (χ4n) is 3.33. The molecule has 2 aliphatic rings. The van der Waals surface area contributed by atoms with E-state index in [1.54, 1.807) is 0 Å². The molecule has 0 spiro atoms. The van der Waals surface area contributed by atoms with Crippen molar-refractivity contribution in [1.82, 2.24) is 14.9 Å². The molecule has 1 aromatic rings. The maximum atomic E-state index is 13.0. The summed E-state index contributed by atoms with van der Waals surface area (Å²) in [7, 11) is -2.32. The number of rotatable bonds is 5. The SMILES string of the molecule is COc1ccc(S(=O)(=O)N2CCC(CN)C2)cc1C1(C)NC(=O)NC1=O. The van der Waals surface area contributed by atoms with E-state index in [0.717, 1.165) is 6.42 Å². The number of benzene rings is 1. The number of nitrogens with one attached hydrogen (secondary N) is 2. The Bertz CT molecular complexity index is 856. The molecule has 4 N–H and O–H groups in total. The van der Waals surface area contributed by atoms with Crippen LogP contribution >= 0.6 is 0 Å². The van der Waals surface area contributed by atoms with E-state index >= 15 is 0 Å². The Kier molecular flexibility index (Phi) is 4.67. The molecule has 0 aliphatic carbocycles. The van der Waals surface area contributed by atoms with Gasteiger partial charge in [0, 0.05) is 18.7 Å². The largest absolute Gasteiger partial charge is 0.496 e. The molecular weight excluding hydrogens is 360 g/mol. The molecule has 2 unspecified atom stereocenters. The zero-order chi connectivity index (χ0) is 19.1. The minimum absolute atomic E-state index is 0.0427. The fourth-order valence-corrected chi connectivity index (χ4v) is 4.89. The molecule has 2 saturated heterocycles. The van der Waals surface area contributed by atoms with Crippen LogP contribution in [0.5, 0.6) is 5.75 Å². The van der Waals surface area contributed by atoms with E-state index in [1.165, 1.54) is 36.5 Å². The lowest BCUT2D eigenvalue weighted by Gasteiger charge is -2.25. The number of nitrogens with zero attached hydrogens (tertiary/aromatic N) is 1. The van der Waals surface area contributed by atoms with Crippen molar-refractivity contribution in [3.8, 4) is 5.75 Å². The van der Waals surface area contributed by atoms with Gasteiger partial charge in [0.05, 0.1) is 12.0 Å². The molecule has 2 atom stereocenters. The Morgan fingerprint density at radius 1 is 1.38 bits per heavy atom. The lowest BCUT2D eigenvalue weighted by molar-refractivity contribution is -0.123. The van der Waals surface area contributed by atoms with E-state index in [1.807, 2.05) is 0 Å². The van der Waals surface area contributed by atoms with Gasteiger partial charge in [0.25, 0.3) is 5.91 Å². The average Bonchev–Trinajstić information content (AvgIpc) is 3.19. The molecule has 2 aliphatic heterocycles. The number of methoxy groups -OCH3 is 1. The Hall–Kier alpha value is -2.17. The molecule has 10 heteroatoms. The summed E-state index contributed by atoms with van der Waals surface area (Å²) in [6, 6.07) is 3.67. The standard InChI is InChI=1S/C16H22N4O5S/c1-16(14(21)18-15(22)19-16)12-7-11(3-4-13(12)25-2)26(23,24)20-6-5-10(8-17)9-20/h3-4,7,10H,5-6,8-9,17H2,1-2H3,(H2,18,19,21,22). The molecule has 26 heavy (non-hydrogen) atoms. The van der Waals surface area contributed by atoms with Crippen LogP contribution in [-0.4, -0.2) is 51.4 Å². The van der Waals surface area contributed by atoms with E-state index in [9.17, 15) is 18.0 Å². The first kappa shape index (κ1) is 18.6. The molecule has 0 bridgehead atoms. The summed E-state index contributed by atoms with van der Waals surface area (Å²) in [5, 5.41) is 4.70. The molecule has 2 fully saturated rings. The van der Waals surface area contributed by atoms with Crippen LogP contribution < -0.4 is 21.1 Å². The van der Waals surface area contributed by atoms with Crippen molar-refractivity contribution in [2.45, 2.75) is 23.8 Å². The van der Waals surface area contributed by atoms with Gasteiger partial charge in [0.1, 0.15) is 11.3 Å². The summed E-state index contributed by atoms with van der Waals surface area (Å²) in [5.74, 6) is -0.121. The summed E-state index contributed by atoms with van der Waals surface area (Å²) in [4.78, 5) is 23.9. The summed E-state index contributed by atoms with van der Waals surface area (Å²) in [5.41, 5.74) is 4.50. The second-order valence-corrected chi connectivity index (χ2v) is 8.59.